The molecule has 1 heterocycles. The van der Waals surface area contributed by atoms with Gasteiger partial charge in [0.1, 0.15) is 0 Å². The van der Waals surface area contributed by atoms with Crippen LogP contribution in [0.25, 0.3) is 0 Å². The Hall–Kier alpha value is -0.720. The second-order valence-electron chi connectivity index (χ2n) is 4.27. The Labute approximate surface area is 131 Å². The quantitative estimate of drug-likeness (QED) is 0.506. The van der Waals surface area contributed by atoms with Crippen LogP contribution < -0.4 is 0 Å². The molecule has 0 aromatic carbocycles. The van der Waals surface area contributed by atoms with Gasteiger partial charge in [-0.2, -0.15) is 0 Å². The highest BCUT2D eigenvalue weighted by atomic mass is 15.1. The van der Waals surface area contributed by atoms with Crippen LogP contribution in [0.5, 0.6) is 0 Å². The number of hydrogen-bond acceptors (Lipinski definition) is 1. The molecule has 0 saturated heterocycles. The van der Waals surface area contributed by atoms with Gasteiger partial charge in [-0.3, -0.25) is 0 Å². The summed E-state index contributed by atoms with van der Waals surface area (Å²) < 4.78 is 0. The zero-order chi connectivity index (χ0) is 17.1. The smallest absolute Gasteiger partial charge is 0.0346 e. The van der Waals surface area contributed by atoms with Crippen LogP contribution in [-0.2, 0) is 0 Å². The summed E-state index contributed by atoms with van der Waals surface area (Å²) in [7, 11) is 2.14. The molecule has 0 bridgehead atoms. The van der Waals surface area contributed by atoms with Gasteiger partial charge in [0, 0.05) is 19.3 Å². The maximum absolute atomic E-state index is 3.81. The van der Waals surface area contributed by atoms with Crippen LogP contribution in [0, 0.1) is 5.92 Å². The molecule has 0 fully saturated rings. The Morgan fingerprint density at radius 3 is 1.70 bits per heavy atom. The summed E-state index contributed by atoms with van der Waals surface area (Å²) in [6.07, 6.45) is 4.44. The van der Waals surface area contributed by atoms with Crippen molar-refractivity contribution in [2.45, 2.75) is 82.1 Å². The van der Waals surface area contributed by atoms with Crippen molar-refractivity contribution in [3.05, 3.63) is 23.9 Å². The van der Waals surface area contributed by atoms with Crippen LogP contribution in [0.4, 0.5) is 0 Å². The second-order valence-corrected chi connectivity index (χ2v) is 4.27. The predicted molar refractivity (Wildman–Crippen MR) is 99.3 cm³/mol. The van der Waals surface area contributed by atoms with Gasteiger partial charge in [0.15, 0.2) is 0 Å². The molecule has 1 unspecified atom stereocenters. The fraction of sp³-hybridized carbons (Fsp3) is 0.789. The first-order valence-corrected chi connectivity index (χ1v) is 8.60. The minimum atomic E-state index is 0.795. The normalized spacial score (nSPS) is 15.9. The fourth-order valence-electron chi connectivity index (χ4n) is 1.91. The summed E-state index contributed by atoms with van der Waals surface area (Å²) in [5, 5.41) is 0. The average Bonchev–Trinajstić information content (AvgIpc) is 2.46. The second kappa shape index (κ2) is 23.4. The lowest BCUT2D eigenvalue weighted by molar-refractivity contribution is 0.323. The van der Waals surface area contributed by atoms with E-state index in [0.29, 0.717) is 0 Å². The van der Waals surface area contributed by atoms with Crippen molar-refractivity contribution in [1.29, 1.82) is 0 Å². The molecule has 0 amide bonds. The number of allylic oxidation sites excluding steroid dienone is 2. The molecule has 124 valence electrons. The summed E-state index contributed by atoms with van der Waals surface area (Å²) in [5.41, 5.74) is 2.80. The van der Waals surface area contributed by atoms with E-state index in [4.69, 9.17) is 0 Å². The van der Waals surface area contributed by atoms with Crippen molar-refractivity contribution in [2.75, 3.05) is 13.6 Å². The lowest BCUT2D eigenvalue weighted by Gasteiger charge is -2.31. The molecular formula is C19H43N. The van der Waals surface area contributed by atoms with Crippen LogP contribution in [0.2, 0.25) is 0 Å². The standard InChI is InChI=1S/C10H17N.C3H8.3C2H6/c1-5-10-9(3)6-8(2)7-11(10)4;1-3-2;3*1-2/h5,8H,1,6-7H2,2-4H3;3H2,1-2H3;3*1-2H3. The number of likely N-dealkylation sites (N-methyl/N-ethyl adjacent to an activating group) is 1. The molecule has 0 saturated carbocycles. The van der Waals surface area contributed by atoms with Gasteiger partial charge >= 0.3 is 0 Å². The summed E-state index contributed by atoms with van der Waals surface area (Å²) in [5.74, 6) is 0.795. The van der Waals surface area contributed by atoms with Crippen LogP contribution >= 0.6 is 0 Å². The number of nitrogens with zero attached hydrogens (tertiary/aromatic N) is 1. The molecule has 1 aliphatic heterocycles. The van der Waals surface area contributed by atoms with Crippen molar-refractivity contribution >= 4 is 0 Å². The molecule has 0 aromatic heterocycles. The van der Waals surface area contributed by atoms with Crippen molar-refractivity contribution in [3.63, 3.8) is 0 Å². The molecule has 0 spiro atoms. The zero-order valence-corrected chi connectivity index (χ0v) is 16.4. The molecule has 0 aliphatic carbocycles. The van der Waals surface area contributed by atoms with E-state index < -0.39 is 0 Å². The van der Waals surface area contributed by atoms with Gasteiger partial charge in [-0.25, -0.2) is 0 Å². The molecule has 0 aromatic rings. The van der Waals surface area contributed by atoms with E-state index in [1.54, 1.807) is 0 Å². The van der Waals surface area contributed by atoms with E-state index in [0.717, 1.165) is 5.92 Å². The van der Waals surface area contributed by atoms with Gasteiger partial charge in [-0.05, 0) is 30.9 Å². The molecular weight excluding hydrogens is 242 g/mol. The molecule has 1 heteroatoms. The van der Waals surface area contributed by atoms with E-state index in [1.165, 1.54) is 30.7 Å². The third-order valence-corrected chi connectivity index (χ3v) is 2.28. The molecule has 1 atom stereocenters. The van der Waals surface area contributed by atoms with Crippen molar-refractivity contribution in [2.24, 2.45) is 5.92 Å². The maximum Gasteiger partial charge on any atom is 0.0346 e. The van der Waals surface area contributed by atoms with E-state index in [1.807, 2.05) is 47.6 Å². The van der Waals surface area contributed by atoms with Crippen molar-refractivity contribution < 1.29 is 0 Å². The summed E-state index contributed by atoms with van der Waals surface area (Å²) >= 11 is 0. The molecule has 1 rings (SSSR count). The lowest BCUT2D eigenvalue weighted by atomic mass is 9.95. The minimum absolute atomic E-state index is 0.795. The van der Waals surface area contributed by atoms with Gasteiger partial charge in [-0.15, -0.1) is 0 Å². The molecule has 1 nitrogen and oxygen atoms in total. The summed E-state index contributed by atoms with van der Waals surface area (Å²) in [4.78, 5) is 2.29. The number of rotatable bonds is 1. The molecule has 0 N–H and O–H groups in total. The molecule has 1 aliphatic rings. The first kappa shape index (κ1) is 27.6. The Morgan fingerprint density at radius 1 is 1.10 bits per heavy atom. The van der Waals surface area contributed by atoms with E-state index in [2.05, 4.69) is 46.2 Å². The van der Waals surface area contributed by atoms with E-state index in [-0.39, 0.29) is 0 Å². The Balaban J connectivity index is -0.000000121. The van der Waals surface area contributed by atoms with Crippen LogP contribution in [0.1, 0.15) is 82.1 Å². The molecule has 20 heavy (non-hydrogen) atoms. The third-order valence-electron chi connectivity index (χ3n) is 2.28. The summed E-state index contributed by atoms with van der Waals surface area (Å²) in [6, 6.07) is 0. The van der Waals surface area contributed by atoms with Crippen LogP contribution in [0.3, 0.4) is 0 Å². The highest BCUT2D eigenvalue weighted by Crippen LogP contribution is 2.24. The first-order chi connectivity index (χ1) is 9.56. The fourth-order valence-corrected chi connectivity index (χ4v) is 1.91. The average molecular weight is 286 g/mol. The third kappa shape index (κ3) is 15.3. The Bertz CT molecular complexity index is 204. The monoisotopic (exact) mass is 285 g/mol. The van der Waals surface area contributed by atoms with Gasteiger partial charge < -0.3 is 4.90 Å². The van der Waals surface area contributed by atoms with E-state index in [9.17, 15) is 0 Å². The highest BCUT2D eigenvalue weighted by molar-refractivity contribution is 5.24. The first-order valence-electron chi connectivity index (χ1n) is 8.60. The van der Waals surface area contributed by atoms with Gasteiger partial charge in [0.25, 0.3) is 0 Å². The summed E-state index contributed by atoms with van der Waals surface area (Å²) in [6.45, 7) is 25.7. The lowest BCUT2D eigenvalue weighted by Crippen LogP contribution is -2.28. The van der Waals surface area contributed by atoms with Gasteiger partial charge in [0.2, 0.25) is 0 Å². The van der Waals surface area contributed by atoms with Gasteiger partial charge in [-0.1, -0.05) is 75.3 Å². The van der Waals surface area contributed by atoms with Crippen molar-refractivity contribution in [3.8, 4) is 0 Å². The largest absolute Gasteiger partial charge is 0.374 e. The SMILES string of the molecule is C=CC1=C(C)CC(C)CN1C.CC.CC.CC.CCC. The van der Waals surface area contributed by atoms with Crippen molar-refractivity contribution in [1.82, 2.24) is 4.90 Å². The zero-order valence-electron chi connectivity index (χ0n) is 16.4. The number of hydrogen-bond donors (Lipinski definition) is 0. The topological polar surface area (TPSA) is 3.24 Å². The van der Waals surface area contributed by atoms with Gasteiger partial charge in [0.05, 0.1) is 0 Å². The highest BCUT2D eigenvalue weighted by Gasteiger charge is 2.16. The minimum Gasteiger partial charge on any atom is -0.374 e. The Morgan fingerprint density at radius 2 is 1.45 bits per heavy atom. The molecule has 0 radical (unpaired) electrons. The predicted octanol–water partition coefficient (Wildman–Crippen LogP) is 6.91. The Kier molecular flexibility index (Phi) is 32.3. The van der Waals surface area contributed by atoms with Crippen LogP contribution in [-0.4, -0.2) is 18.5 Å². The van der Waals surface area contributed by atoms with Crippen LogP contribution in [0.15, 0.2) is 23.9 Å². The van der Waals surface area contributed by atoms with E-state index >= 15 is 0 Å². The maximum atomic E-state index is 3.81.